The van der Waals surface area contributed by atoms with Crippen molar-refractivity contribution in [1.29, 1.82) is 5.26 Å². The monoisotopic (exact) mass is 386 g/mol. The van der Waals surface area contributed by atoms with Crippen LogP contribution >= 0.6 is 0 Å². The fourth-order valence-electron chi connectivity index (χ4n) is 4.53. The molecule has 1 aliphatic carbocycles. The van der Waals surface area contributed by atoms with E-state index < -0.39 is 22.4 Å². The summed E-state index contributed by atoms with van der Waals surface area (Å²) >= 11 is 0. The van der Waals surface area contributed by atoms with Crippen LogP contribution in [0.1, 0.15) is 21.5 Å². The van der Waals surface area contributed by atoms with Gasteiger partial charge in [-0.1, -0.05) is 36.4 Å². The van der Waals surface area contributed by atoms with E-state index in [-0.39, 0.29) is 22.9 Å². The van der Waals surface area contributed by atoms with Crippen molar-refractivity contribution in [3.05, 3.63) is 85.4 Å². The highest BCUT2D eigenvalue weighted by Crippen LogP contribution is 2.53. The largest absolute Gasteiger partial charge is 0.423 e. The molecule has 1 atom stereocenters. The molecule has 0 fully saturated rings. The van der Waals surface area contributed by atoms with Gasteiger partial charge in [-0.2, -0.15) is 5.26 Å². The van der Waals surface area contributed by atoms with Crippen molar-refractivity contribution in [1.82, 2.24) is 9.13 Å². The molecule has 0 radical (unpaired) electrons. The number of aromatic nitrogens is 2. The SMILES string of the molecule is Cn1c2c(c(=O)n(C)c1=O)C1(C(=O)c3cccc4cccc1c34)C(C#N)=C(N)O2. The number of hydrogen-bond donors (Lipinski definition) is 1. The Hall–Kier alpha value is -4.12. The lowest BCUT2D eigenvalue weighted by atomic mass is 9.68. The summed E-state index contributed by atoms with van der Waals surface area (Å²) in [5, 5.41) is 11.4. The summed E-state index contributed by atoms with van der Waals surface area (Å²) in [4.78, 5) is 39.6. The number of carbonyl (C=O) groups excluding carboxylic acids is 1. The van der Waals surface area contributed by atoms with Gasteiger partial charge in [0.2, 0.25) is 11.8 Å². The van der Waals surface area contributed by atoms with E-state index >= 15 is 0 Å². The van der Waals surface area contributed by atoms with Crippen LogP contribution in [-0.4, -0.2) is 14.9 Å². The zero-order chi connectivity index (χ0) is 20.7. The standard InChI is InChI=1S/C21H14N4O4/c1-24-18(27)15-19(25(2)20(24)28)29-17(23)13(9-22)21(15)12-8-4-6-10-5-3-7-11(14(10)12)16(21)26/h3-8H,23H2,1-2H3. The van der Waals surface area contributed by atoms with Crippen LogP contribution in [0.5, 0.6) is 5.88 Å². The Labute approximate surface area is 163 Å². The third kappa shape index (κ3) is 1.71. The number of nitrogens with two attached hydrogens (primary N) is 1. The molecule has 2 aromatic carbocycles. The Morgan fingerprint density at radius 3 is 2.45 bits per heavy atom. The number of fused-ring (bicyclic) bond motifs is 3. The second-order valence-electron chi connectivity index (χ2n) is 7.13. The Balaban J connectivity index is 2.10. The van der Waals surface area contributed by atoms with E-state index in [0.29, 0.717) is 16.5 Å². The number of nitrogens with zero attached hydrogens (tertiary/aromatic N) is 3. The van der Waals surface area contributed by atoms with Crippen molar-refractivity contribution in [3.63, 3.8) is 0 Å². The second-order valence-corrected chi connectivity index (χ2v) is 7.13. The van der Waals surface area contributed by atoms with Crippen LogP contribution in [0.3, 0.4) is 0 Å². The zero-order valence-electron chi connectivity index (χ0n) is 15.5. The van der Waals surface area contributed by atoms with E-state index in [1.807, 2.05) is 18.2 Å². The first-order chi connectivity index (χ1) is 13.9. The Kier molecular flexibility index (Phi) is 3.07. The van der Waals surface area contributed by atoms with Crippen molar-refractivity contribution in [2.45, 2.75) is 5.41 Å². The molecule has 29 heavy (non-hydrogen) atoms. The molecule has 0 saturated heterocycles. The molecule has 3 aromatic rings. The maximum absolute atomic E-state index is 13.9. The number of ketones is 1. The topological polar surface area (TPSA) is 120 Å². The summed E-state index contributed by atoms with van der Waals surface area (Å²) in [5.74, 6) is -0.877. The summed E-state index contributed by atoms with van der Waals surface area (Å²) in [6.07, 6.45) is 0. The zero-order valence-corrected chi connectivity index (χ0v) is 15.5. The van der Waals surface area contributed by atoms with Gasteiger partial charge in [0.25, 0.3) is 5.56 Å². The molecule has 1 spiro atoms. The number of rotatable bonds is 0. The van der Waals surface area contributed by atoms with Crippen molar-refractivity contribution in [2.75, 3.05) is 0 Å². The lowest BCUT2D eigenvalue weighted by Gasteiger charge is -2.34. The van der Waals surface area contributed by atoms with Crippen LogP contribution in [0.4, 0.5) is 0 Å². The van der Waals surface area contributed by atoms with Gasteiger partial charge in [-0.3, -0.25) is 18.7 Å². The minimum absolute atomic E-state index is 0.0819. The first kappa shape index (κ1) is 17.0. The maximum atomic E-state index is 13.9. The van der Waals surface area contributed by atoms with E-state index in [2.05, 4.69) is 0 Å². The molecular weight excluding hydrogens is 372 g/mol. The molecule has 5 rings (SSSR count). The Bertz CT molecular complexity index is 1480. The van der Waals surface area contributed by atoms with Crippen molar-refractivity contribution in [3.8, 4) is 11.9 Å². The van der Waals surface area contributed by atoms with Crippen molar-refractivity contribution < 1.29 is 9.53 Å². The van der Waals surface area contributed by atoms with Gasteiger partial charge in [0.05, 0.1) is 0 Å². The Morgan fingerprint density at radius 2 is 1.76 bits per heavy atom. The summed E-state index contributed by atoms with van der Waals surface area (Å²) in [7, 11) is 2.74. The van der Waals surface area contributed by atoms with E-state index in [1.165, 1.54) is 14.1 Å². The van der Waals surface area contributed by atoms with Crippen LogP contribution in [0.25, 0.3) is 10.8 Å². The minimum Gasteiger partial charge on any atom is -0.423 e. The molecule has 1 aromatic heterocycles. The average molecular weight is 386 g/mol. The van der Waals surface area contributed by atoms with Gasteiger partial charge in [0.1, 0.15) is 22.6 Å². The Morgan fingerprint density at radius 1 is 1.07 bits per heavy atom. The van der Waals surface area contributed by atoms with Crippen LogP contribution < -0.4 is 21.7 Å². The first-order valence-corrected chi connectivity index (χ1v) is 8.81. The first-order valence-electron chi connectivity index (χ1n) is 8.81. The molecule has 0 amide bonds. The van der Waals surface area contributed by atoms with Gasteiger partial charge in [0.15, 0.2) is 5.78 Å². The van der Waals surface area contributed by atoms with Crippen LogP contribution in [0.15, 0.2) is 57.4 Å². The van der Waals surface area contributed by atoms with Crippen molar-refractivity contribution >= 4 is 16.6 Å². The highest BCUT2D eigenvalue weighted by atomic mass is 16.5. The third-order valence-corrected chi connectivity index (χ3v) is 5.82. The summed E-state index contributed by atoms with van der Waals surface area (Å²) < 4.78 is 7.57. The highest BCUT2D eigenvalue weighted by Gasteiger charge is 2.58. The normalized spacial score (nSPS) is 19.4. The predicted octanol–water partition coefficient (Wildman–Crippen LogP) is 0.806. The number of Topliss-reactive ketones (excluding diaryl/α,β-unsaturated/α-hetero) is 1. The average Bonchev–Trinajstić information content (AvgIpc) is 2.96. The van der Waals surface area contributed by atoms with Crippen LogP contribution in [-0.2, 0) is 19.5 Å². The van der Waals surface area contributed by atoms with Gasteiger partial charge in [-0.25, -0.2) is 4.79 Å². The highest BCUT2D eigenvalue weighted by molar-refractivity contribution is 6.24. The van der Waals surface area contributed by atoms with Crippen LogP contribution in [0, 0.1) is 11.3 Å². The molecule has 0 bridgehead atoms. The van der Waals surface area contributed by atoms with E-state index in [4.69, 9.17) is 10.5 Å². The van der Waals surface area contributed by atoms with Gasteiger partial charge in [-0.15, -0.1) is 0 Å². The number of nitriles is 1. The number of benzene rings is 2. The summed E-state index contributed by atoms with van der Waals surface area (Å²) in [6.45, 7) is 0. The molecule has 2 heterocycles. The number of carbonyl (C=O) groups is 1. The molecule has 1 unspecified atom stereocenters. The summed E-state index contributed by atoms with van der Waals surface area (Å²) in [6, 6.07) is 12.6. The number of ether oxygens (including phenoxy) is 1. The smallest absolute Gasteiger partial charge is 0.333 e. The number of hydrogen-bond acceptors (Lipinski definition) is 6. The molecule has 8 nitrogen and oxygen atoms in total. The summed E-state index contributed by atoms with van der Waals surface area (Å²) in [5.41, 5.74) is 3.58. The molecule has 2 N–H and O–H groups in total. The third-order valence-electron chi connectivity index (χ3n) is 5.82. The quantitative estimate of drug-likeness (QED) is 0.610. The maximum Gasteiger partial charge on any atom is 0.333 e. The van der Waals surface area contributed by atoms with E-state index in [9.17, 15) is 19.6 Å². The predicted molar refractivity (Wildman–Crippen MR) is 103 cm³/mol. The second kappa shape index (κ2) is 5.23. The molecule has 1 aliphatic heterocycles. The molecule has 2 aliphatic rings. The molecular formula is C21H14N4O4. The fraction of sp³-hybridized carbons (Fsp3) is 0.143. The van der Waals surface area contributed by atoms with Gasteiger partial charge < -0.3 is 10.5 Å². The van der Waals surface area contributed by atoms with E-state index in [0.717, 1.165) is 14.5 Å². The van der Waals surface area contributed by atoms with Gasteiger partial charge in [0, 0.05) is 19.7 Å². The van der Waals surface area contributed by atoms with Gasteiger partial charge >= 0.3 is 5.69 Å². The van der Waals surface area contributed by atoms with Crippen LogP contribution in [0.2, 0.25) is 0 Å². The van der Waals surface area contributed by atoms with Crippen molar-refractivity contribution in [2.24, 2.45) is 19.8 Å². The minimum atomic E-state index is -1.77. The lowest BCUT2D eigenvalue weighted by molar-refractivity contribution is 0.0933. The molecule has 0 saturated carbocycles. The lowest BCUT2D eigenvalue weighted by Crippen LogP contribution is -2.50. The van der Waals surface area contributed by atoms with Gasteiger partial charge in [-0.05, 0) is 16.3 Å². The molecule has 142 valence electrons. The molecule has 8 heteroatoms. The van der Waals surface area contributed by atoms with E-state index in [1.54, 1.807) is 24.3 Å². The number of allylic oxidation sites excluding steroid dienone is 1. The fourth-order valence-corrected chi connectivity index (χ4v) is 4.53.